The van der Waals surface area contributed by atoms with Crippen molar-refractivity contribution in [3.8, 4) is 0 Å². The van der Waals surface area contributed by atoms with Gasteiger partial charge < -0.3 is 10.6 Å². The molecule has 100 valence electrons. The van der Waals surface area contributed by atoms with Crippen molar-refractivity contribution < 1.29 is 0 Å². The predicted octanol–water partition coefficient (Wildman–Crippen LogP) is 2.57. The van der Waals surface area contributed by atoms with Gasteiger partial charge >= 0.3 is 0 Å². The number of anilines is 1. The summed E-state index contributed by atoms with van der Waals surface area (Å²) < 4.78 is 0. The molecule has 4 nitrogen and oxygen atoms in total. The van der Waals surface area contributed by atoms with E-state index in [1.54, 1.807) is 0 Å². The Hall–Kier alpha value is -0.970. The molecule has 2 aromatic rings. The molecule has 0 amide bonds. The molecule has 1 fully saturated rings. The zero-order chi connectivity index (χ0) is 10.8. The van der Waals surface area contributed by atoms with Crippen LogP contribution in [-0.2, 0) is 0 Å². The van der Waals surface area contributed by atoms with Crippen molar-refractivity contribution in [3.05, 3.63) is 24.4 Å². The first kappa shape index (κ1) is 15.1. The number of nitrogens with zero attached hydrogens (tertiary/aromatic N) is 1. The van der Waals surface area contributed by atoms with Gasteiger partial charge in [-0.2, -0.15) is 5.10 Å². The summed E-state index contributed by atoms with van der Waals surface area (Å²) in [5.41, 5.74) is 2.27. The van der Waals surface area contributed by atoms with E-state index in [1.807, 2.05) is 6.20 Å². The number of hydrogen-bond acceptors (Lipinski definition) is 3. The lowest BCUT2D eigenvalue weighted by Crippen LogP contribution is -2.38. The smallest absolute Gasteiger partial charge is 0.0651 e. The first-order valence-electron chi connectivity index (χ1n) is 5.82. The monoisotopic (exact) mass is 288 g/mol. The van der Waals surface area contributed by atoms with Crippen molar-refractivity contribution >= 4 is 41.4 Å². The van der Waals surface area contributed by atoms with Crippen LogP contribution in [0.25, 0.3) is 10.9 Å². The number of hydrogen-bond donors (Lipinski definition) is 3. The molecule has 3 rings (SSSR count). The fourth-order valence-corrected chi connectivity index (χ4v) is 2.24. The van der Waals surface area contributed by atoms with Crippen LogP contribution < -0.4 is 10.6 Å². The molecule has 0 unspecified atom stereocenters. The molecule has 0 bridgehead atoms. The molecule has 1 saturated heterocycles. The van der Waals surface area contributed by atoms with Crippen LogP contribution in [0.15, 0.2) is 24.4 Å². The van der Waals surface area contributed by atoms with Gasteiger partial charge in [-0.15, -0.1) is 24.8 Å². The number of aromatic amines is 1. The van der Waals surface area contributed by atoms with E-state index in [0.717, 1.165) is 24.0 Å². The summed E-state index contributed by atoms with van der Waals surface area (Å²) in [5, 5.41) is 15.1. The Bertz CT molecular complexity index is 480. The fraction of sp³-hybridized carbons (Fsp3) is 0.417. The lowest BCUT2D eigenvalue weighted by molar-refractivity contribution is 0.480. The van der Waals surface area contributed by atoms with Gasteiger partial charge in [-0.05, 0) is 37.6 Å². The Morgan fingerprint density at radius 2 is 2.17 bits per heavy atom. The molecular weight excluding hydrogens is 271 g/mol. The van der Waals surface area contributed by atoms with Crippen LogP contribution in [0.5, 0.6) is 0 Å². The molecular formula is C12H18Cl2N4. The van der Waals surface area contributed by atoms with Crippen LogP contribution in [0.2, 0.25) is 0 Å². The maximum absolute atomic E-state index is 4.02. The third kappa shape index (κ3) is 3.28. The lowest BCUT2D eigenvalue weighted by atomic mass is 10.1. The molecule has 0 saturated carbocycles. The number of H-pyrrole nitrogens is 1. The summed E-state index contributed by atoms with van der Waals surface area (Å²) in [6.45, 7) is 2.21. The highest BCUT2D eigenvalue weighted by molar-refractivity contribution is 5.85. The lowest BCUT2D eigenvalue weighted by Gasteiger charge is -2.24. The minimum atomic E-state index is 0. The minimum Gasteiger partial charge on any atom is -0.381 e. The van der Waals surface area contributed by atoms with E-state index in [9.17, 15) is 0 Å². The molecule has 1 aromatic heterocycles. The van der Waals surface area contributed by atoms with Gasteiger partial charge in [0.15, 0.2) is 0 Å². The molecule has 1 aliphatic heterocycles. The van der Waals surface area contributed by atoms with Gasteiger partial charge in [0.1, 0.15) is 0 Å². The summed E-state index contributed by atoms with van der Waals surface area (Å²) in [7, 11) is 0. The van der Waals surface area contributed by atoms with E-state index in [0.29, 0.717) is 6.04 Å². The van der Waals surface area contributed by atoms with E-state index in [1.165, 1.54) is 18.5 Å². The quantitative estimate of drug-likeness (QED) is 0.796. The third-order valence-corrected chi connectivity index (χ3v) is 3.11. The number of piperidine rings is 1. The standard InChI is InChI=1S/C12H16N4.2ClH/c1-2-11(8-13-5-1)15-10-3-4-12-9(6-10)7-14-16-12;;/h3-4,6-7,11,13,15H,1-2,5,8H2,(H,14,16);2*1H/t11-;;/m1../s1. The highest BCUT2D eigenvalue weighted by atomic mass is 35.5. The summed E-state index contributed by atoms with van der Waals surface area (Å²) in [5.74, 6) is 0. The first-order valence-corrected chi connectivity index (χ1v) is 5.82. The van der Waals surface area contributed by atoms with Gasteiger partial charge in [-0.25, -0.2) is 0 Å². The van der Waals surface area contributed by atoms with E-state index in [4.69, 9.17) is 0 Å². The van der Waals surface area contributed by atoms with E-state index in [2.05, 4.69) is 39.0 Å². The molecule has 18 heavy (non-hydrogen) atoms. The highest BCUT2D eigenvalue weighted by Crippen LogP contribution is 2.18. The van der Waals surface area contributed by atoms with Crippen LogP contribution in [0.1, 0.15) is 12.8 Å². The van der Waals surface area contributed by atoms with E-state index in [-0.39, 0.29) is 24.8 Å². The van der Waals surface area contributed by atoms with Crippen molar-refractivity contribution in [1.29, 1.82) is 0 Å². The number of aromatic nitrogens is 2. The molecule has 3 N–H and O–H groups in total. The van der Waals surface area contributed by atoms with Gasteiger partial charge in [0.25, 0.3) is 0 Å². The number of halogens is 2. The van der Waals surface area contributed by atoms with Gasteiger partial charge in [0.2, 0.25) is 0 Å². The summed E-state index contributed by atoms with van der Waals surface area (Å²) in [6, 6.07) is 6.88. The van der Waals surface area contributed by atoms with Crippen LogP contribution >= 0.6 is 24.8 Å². The average molecular weight is 289 g/mol. The Morgan fingerprint density at radius 1 is 1.28 bits per heavy atom. The van der Waals surface area contributed by atoms with Gasteiger partial charge in [-0.1, -0.05) is 0 Å². The van der Waals surface area contributed by atoms with Crippen LogP contribution in [-0.4, -0.2) is 29.3 Å². The summed E-state index contributed by atoms with van der Waals surface area (Å²) in [6.07, 6.45) is 4.36. The Labute approximate surface area is 119 Å². The van der Waals surface area contributed by atoms with Crippen molar-refractivity contribution in [2.24, 2.45) is 0 Å². The van der Waals surface area contributed by atoms with Crippen LogP contribution in [0.3, 0.4) is 0 Å². The topological polar surface area (TPSA) is 52.7 Å². The summed E-state index contributed by atoms with van der Waals surface area (Å²) in [4.78, 5) is 0. The molecule has 1 atom stereocenters. The molecule has 6 heteroatoms. The number of fused-ring (bicyclic) bond motifs is 1. The van der Waals surface area contributed by atoms with Crippen molar-refractivity contribution in [2.75, 3.05) is 18.4 Å². The van der Waals surface area contributed by atoms with Crippen LogP contribution in [0, 0.1) is 0 Å². The van der Waals surface area contributed by atoms with Gasteiger partial charge in [0.05, 0.1) is 11.7 Å². The fourth-order valence-electron chi connectivity index (χ4n) is 2.24. The molecule has 0 spiro atoms. The largest absolute Gasteiger partial charge is 0.381 e. The number of nitrogens with one attached hydrogen (secondary N) is 3. The second kappa shape index (κ2) is 6.83. The highest BCUT2D eigenvalue weighted by Gasteiger charge is 2.12. The zero-order valence-electron chi connectivity index (χ0n) is 9.98. The maximum atomic E-state index is 4.02. The molecule has 1 aromatic carbocycles. The van der Waals surface area contributed by atoms with Gasteiger partial charge in [-0.3, -0.25) is 5.10 Å². The Kier molecular flexibility index (Phi) is 5.72. The Morgan fingerprint density at radius 3 is 2.94 bits per heavy atom. The maximum Gasteiger partial charge on any atom is 0.0651 e. The third-order valence-electron chi connectivity index (χ3n) is 3.11. The van der Waals surface area contributed by atoms with E-state index < -0.39 is 0 Å². The SMILES string of the molecule is Cl.Cl.c1cc2[nH]ncc2cc1N[C@@H]1CCCNC1. The van der Waals surface area contributed by atoms with Crippen molar-refractivity contribution in [3.63, 3.8) is 0 Å². The second-order valence-corrected chi connectivity index (χ2v) is 4.36. The number of benzene rings is 1. The van der Waals surface area contributed by atoms with Crippen molar-refractivity contribution in [2.45, 2.75) is 18.9 Å². The van der Waals surface area contributed by atoms with Crippen molar-refractivity contribution in [1.82, 2.24) is 15.5 Å². The Balaban J connectivity index is 0.000000810. The minimum absolute atomic E-state index is 0. The van der Waals surface area contributed by atoms with Crippen LogP contribution in [0.4, 0.5) is 5.69 Å². The normalized spacial score (nSPS) is 18.8. The molecule has 0 aliphatic carbocycles. The molecule has 2 heterocycles. The first-order chi connectivity index (χ1) is 7.92. The number of rotatable bonds is 2. The van der Waals surface area contributed by atoms with E-state index >= 15 is 0 Å². The average Bonchev–Trinajstić information content (AvgIpc) is 2.77. The molecule has 0 radical (unpaired) electrons. The second-order valence-electron chi connectivity index (χ2n) is 4.36. The predicted molar refractivity (Wildman–Crippen MR) is 80.1 cm³/mol. The zero-order valence-corrected chi connectivity index (χ0v) is 11.6. The van der Waals surface area contributed by atoms with Gasteiger partial charge in [0, 0.05) is 23.7 Å². The molecule has 1 aliphatic rings. The summed E-state index contributed by atoms with van der Waals surface area (Å²) >= 11 is 0.